The summed E-state index contributed by atoms with van der Waals surface area (Å²) in [6.45, 7) is 0. The van der Waals surface area contributed by atoms with Crippen LogP contribution in [0.4, 0.5) is 105 Å². The molecular weight excluding hydrogens is 1270 g/mol. The van der Waals surface area contributed by atoms with E-state index in [4.69, 9.17) is 13.0 Å². The molecule has 0 bridgehead atoms. The van der Waals surface area contributed by atoms with Crippen LogP contribution >= 0.6 is 0 Å². The molecule has 0 aromatic heterocycles. The maximum atomic E-state index is 12.4. The standard InChI is InChI=1S/2C14H8F6I.C4HF9O3S.CHF3O3S/c2*15-13(16,17)9-1-5-11(6-2-9)21-12-7-3-10(4-8-12)14(18,19)20;5-1(6,3(9,10)11)2(7,8)4(12,13)17(14,15)16;2-1(3,4)8(5,6)7/h2*1-8H;(H,14,15,16);(H,5,6,7)/q2*+1;;/p-2. The van der Waals surface area contributed by atoms with Crippen molar-refractivity contribution < 1.29 is 174 Å². The molecule has 67 heavy (non-hydrogen) atoms. The Morgan fingerprint density at radius 1 is 0.313 bits per heavy atom. The average Bonchev–Trinajstić information content (AvgIpc) is 3.13. The molecule has 6 nitrogen and oxygen atoms in total. The van der Waals surface area contributed by atoms with E-state index in [0.29, 0.717) is 14.3 Å². The third-order valence-corrected chi connectivity index (χ3v) is 13.7. The first-order valence-electron chi connectivity index (χ1n) is 15.7. The van der Waals surface area contributed by atoms with Crippen LogP contribution in [0.1, 0.15) is 22.3 Å². The van der Waals surface area contributed by atoms with Gasteiger partial charge in [-0.05, 0) is 97.1 Å². The second-order valence-corrected chi connectivity index (χ2v) is 20.6. The van der Waals surface area contributed by atoms with E-state index in [0.717, 1.165) is 48.5 Å². The highest BCUT2D eigenvalue weighted by Crippen LogP contribution is 2.54. The molecule has 0 heterocycles. The first-order valence-corrected chi connectivity index (χ1v) is 22.9. The topological polar surface area (TPSA) is 114 Å². The largest absolute Gasteiger partial charge is 0.743 e. The molecule has 0 aliphatic heterocycles. The highest BCUT2D eigenvalue weighted by molar-refractivity contribution is 7.87. The maximum Gasteiger partial charge on any atom is 0.485 e. The van der Waals surface area contributed by atoms with Gasteiger partial charge in [-0.25, -0.2) is 16.8 Å². The molecule has 0 atom stereocenters. The van der Waals surface area contributed by atoms with Crippen molar-refractivity contribution in [1.29, 1.82) is 0 Å². The van der Waals surface area contributed by atoms with Gasteiger partial charge in [-0.1, -0.05) is 0 Å². The predicted octanol–water partition coefficient (Wildman–Crippen LogP) is 5.71. The van der Waals surface area contributed by atoms with E-state index < -0.39 is 138 Å². The first kappa shape index (κ1) is 61.5. The lowest BCUT2D eigenvalue weighted by Gasteiger charge is -2.34. The third kappa shape index (κ3) is 17.7. The van der Waals surface area contributed by atoms with Gasteiger partial charge in [0.25, 0.3) is 0 Å². The molecule has 0 amide bonds. The van der Waals surface area contributed by atoms with Crippen molar-refractivity contribution in [1.82, 2.24) is 0 Å². The molecule has 34 heteroatoms. The molecule has 0 N–H and O–H groups in total. The van der Waals surface area contributed by atoms with E-state index in [9.17, 15) is 118 Å². The van der Waals surface area contributed by atoms with Crippen LogP contribution in [0.25, 0.3) is 0 Å². The Bertz CT molecular complexity index is 2200. The van der Waals surface area contributed by atoms with Gasteiger partial charge in [0.15, 0.2) is 34.5 Å². The molecule has 4 aromatic carbocycles. The van der Waals surface area contributed by atoms with Crippen molar-refractivity contribution in [3.05, 3.63) is 134 Å². The average molecular weight is 1280 g/mol. The lowest BCUT2D eigenvalue weighted by molar-refractivity contribution is -0.597. The van der Waals surface area contributed by atoms with Gasteiger partial charge in [-0.3, -0.25) is 0 Å². The summed E-state index contributed by atoms with van der Waals surface area (Å²) in [5.74, 6) is -14.8. The number of halogens is 26. The fourth-order valence-corrected chi connectivity index (χ4v) is 8.33. The normalized spacial score (nSPS) is 13.6. The molecule has 4 aromatic rings. The summed E-state index contributed by atoms with van der Waals surface area (Å²) in [7, 11) is -13.5. The second kappa shape index (κ2) is 21.6. The quantitative estimate of drug-likeness (QED) is 0.102. The zero-order valence-corrected chi connectivity index (χ0v) is 36.8. The van der Waals surface area contributed by atoms with Gasteiger partial charge in [0.2, 0.25) is 0 Å². The first-order chi connectivity index (χ1) is 29.6. The summed E-state index contributed by atoms with van der Waals surface area (Å²) >= 11 is -1.61. The third-order valence-electron chi connectivity index (χ3n) is 6.84. The van der Waals surface area contributed by atoms with Crippen LogP contribution in [0, 0.1) is 14.3 Å². The molecule has 4 rings (SSSR count). The van der Waals surface area contributed by atoms with E-state index in [-0.39, 0.29) is 0 Å². The summed E-state index contributed by atoms with van der Waals surface area (Å²) in [4.78, 5) is 0. The summed E-state index contributed by atoms with van der Waals surface area (Å²) in [5.41, 5.74) is -8.58. The van der Waals surface area contributed by atoms with Gasteiger partial charge in [0.05, 0.1) is 22.3 Å². The monoisotopic (exact) mass is 1280 g/mol. The lowest BCUT2D eigenvalue weighted by Crippen LogP contribution is -3.61. The SMILES string of the molecule is FC(F)(F)c1ccc([I+]c2ccc(C(F)(F)F)cc2)cc1.FC(F)(F)c1ccc([I+]c2ccc(C(F)(F)F)cc2)cc1.O=S(=O)([O-])C(F)(F)C(F)(F)C(F)(F)C(F)(F)F.O=S(=O)([O-])C(F)(F)F. The highest BCUT2D eigenvalue weighted by Gasteiger charge is 2.83. The number of rotatable bonds is 7. The van der Waals surface area contributed by atoms with Crippen molar-refractivity contribution in [2.45, 2.75) is 53.5 Å². The van der Waals surface area contributed by atoms with Gasteiger partial charge in [0.1, 0.15) is 0 Å². The summed E-state index contributed by atoms with van der Waals surface area (Å²) in [6, 6.07) is 18.8. The lowest BCUT2D eigenvalue weighted by atomic mass is 10.1. The van der Waals surface area contributed by atoms with Crippen LogP contribution in [0.2, 0.25) is 0 Å². The molecule has 0 radical (unpaired) electrons. The Morgan fingerprint density at radius 2 is 0.493 bits per heavy atom. The Labute approximate surface area is 379 Å². The summed E-state index contributed by atoms with van der Waals surface area (Å²) in [5, 5.41) is -7.11. The molecule has 0 spiro atoms. The summed E-state index contributed by atoms with van der Waals surface area (Å²) < 4.78 is 346. The Balaban J connectivity index is 0.000000467. The Hall–Kier alpha value is -3.52. The molecule has 0 saturated heterocycles. The fourth-order valence-electron chi connectivity index (χ4n) is 3.58. The number of benzene rings is 4. The molecule has 0 fully saturated rings. The van der Waals surface area contributed by atoms with E-state index in [1.165, 1.54) is 48.5 Å². The molecule has 0 unspecified atom stereocenters. The maximum absolute atomic E-state index is 12.4. The van der Waals surface area contributed by atoms with Crippen molar-refractivity contribution >= 4 is 20.2 Å². The van der Waals surface area contributed by atoms with E-state index in [1.807, 2.05) is 0 Å². The number of alkyl halides is 24. The van der Waals surface area contributed by atoms with Crippen molar-refractivity contribution in [2.75, 3.05) is 0 Å². The number of hydrogen-bond donors (Lipinski definition) is 0. The van der Waals surface area contributed by atoms with Gasteiger partial charge in [-0.15, -0.1) is 0 Å². The van der Waals surface area contributed by atoms with E-state index >= 15 is 0 Å². The van der Waals surface area contributed by atoms with Crippen LogP contribution in [-0.2, 0) is 44.9 Å². The molecule has 0 aliphatic rings. The molecule has 378 valence electrons. The van der Waals surface area contributed by atoms with Crippen LogP contribution in [0.3, 0.4) is 0 Å². The Kier molecular flexibility index (Phi) is 19.9. The van der Waals surface area contributed by atoms with Crippen molar-refractivity contribution in [2.24, 2.45) is 0 Å². The van der Waals surface area contributed by atoms with Gasteiger partial charge < -0.3 is 9.11 Å². The Morgan fingerprint density at radius 3 is 0.612 bits per heavy atom. The smallest absolute Gasteiger partial charge is 0.485 e. The van der Waals surface area contributed by atoms with E-state index in [2.05, 4.69) is 0 Å². The fraction of sp³-hybridized carbons (Fsp3) is 0.273. The minimum Gasteiger partial charge on any atom is -0.743 e. The van der Waals surface area contributed by atoms with Gasteiger partial charge in [0, 0.05) is 0 Å². The molecule has 0 saturated carbocycles. The molecular formula is C33H16F24I2O6S2. The minimum atomic E-state index is -7.43. The van der Waals surface area contributed by atoms with Gasteiger partial charge in [-0.2, -0.15) is 105 Å². The van der Waals surface area contributed by atoms with Crippen molar-refractivity contribution in [3.63, 3.8) is 0 Å². The van der Waals surface area contributed by atoms with Crippen LogP contribution in [0.5, 0.6) is 0 Å². The van der Waals surface area contributed by atoms with Crippen LogP contribution in [-0.4, -0.2) is 54.7 Å². The van der Waals surface area contributed by atoms with Crippen LogP contribution < -0.4 is 42.4 Å². The highest BCUT2D eigenvalue weighted by atomic mass is 127. The minimum absolute atomic E-state index is 0.710. The van der Waals surface area contributed by atoms with Crippen LogP contribution in [0.15, 0.2) is 97.1 Å². The van der Waals surface area contributed by atoms with Gasteiger partial charge >= 0.3 is 95.9 Å². The number of hydrogen-bond acceptors (Lipinski definition) is 6. The second-order valence-electron chi connectivity index (χ2n) is 11.7. The molecule has 0 aliphatic carbocycles. The zero-order valence-electron chi connectivity index (χ0n) is 30.8. The predicted molar refractivity (Wildman–Crippen MR) is 167 cm³/mol. The van der Waals surface area contributed by atoms with Crippen molar-refractivity contribution in [3.8, 4) is 0 Å². The zero-order chi connectivity index (χ0) is 52.8. The summed E-state index contributed by atoms with van der Waals surface area (Å²) in [6.07, 6.45) is -24.7. The van der Waals surface area contributed by atoms with E-state index in [1.54, 1.807) is 0 Å².